The Labute approximate surface area is 96.8 Å². The summed E-state index contributed by atoms with van der Waals surface area (Å²) in [4.78, 5) is 23.9. The second-order valence-corrected chi connectivity index (χ2v) is 10.3. The van der Waals surface area contributed by atoms with Crippen LogP contribution < -0.4 is 42.4 Å². The van der Waals surface area contributed by atoms with E-state index in [0.29, 0.717) is 0 Å². The first-order chi connectivity index (χ1) is 6.29. The van der Waals surface area contributed by atoms with Crippen LogP contribution >= 0.6 is 0 Å². The van der Waals surface area contributed by atoms with Gasteiger partial charge < -0.3 is 0 Å². The Morgan fingerprint density at radius 1 is 1.23 bits per heavy atom. The third-order valence-electron chi connectivity index (χ3n) is 1.66. The van der Waals surface area contributed by atoms with Crippen molar-refractivity contribution >= 4 is 11.8 Å². The van der Waals surface area contributed by atoms with Crippen LogP contribution in [0.5, 0.6) is 0 Å². The Hall–Kier alpha value is 0.0800. The van der Waals surface area contributed by atoms with E-state index in [2.05, 4.69) is 4.08 Å². The molecule has 13 heavy (non-hydrogen) atoms. The molecule has 3 nitrogen and oxygen atoms in total. The van der Waals surface area contributed by atoms with E-state index in [9.17, 15) is 9.59 Å². The van der Waals surface area contributed by atoms with Crippen molar-refractivity contribution < 1.29 is 52.0 Å². The van der Waals surface area contributed by atoms with Crippen LogP contribution in [0.1, 0.15) is 0 Å². The first-order valence-corrected chi connectivity index (χ1v) is 9.47. The van der Waals surface area contributed by atoms with Gasteiger partial charge in [-0.15, -0.1) is 0 Å². The average molecular weight is 403 g/mol. The van der Waals surface area contributed by atoms with Crippen molar-refractivity contribution in [1.82, 2.24) is 4.90 Å². The van der Waals surface area contributed by atoms with Crippen molar-refractivity contribution in [3.05, 3.63) is 21.9 Å². The zero-order valence-corrected chi connectivity index (χ0v) is 11.0. The van der Waals surface area contributed by atoms with Crippen molar-refractivity contribution in [2.45, 2.75) is 0 Å². The van der Waals surface area contributed by atoms with Gasteiger partial charge in [0.1, 0.15) is 0 Å². The van der Waals surface area contributed by atoms with E-state index >= 15 is 0 Å². The van der Waals surface area contributed by atoms with Gasteiger partial charge in [-0.25, -0.2) is 0 Å². The van der Waals surface area contributed by atoms with E-state index in [1.54, 1.807) is 0 Å². The number of nitrogens with zero attached hydrogens (tertiary/aromatic N) is 1. The Kier molecular flexibility index (Phi) is 3.02. The van der Waals surface area contributed by atoms with Gasteiger partial charge in [-0.05, 0) is 0 Å². The number of amides is 2. The fourth-order valence-electron chi connectivity index (χ4n) is 1.11. The molecule has 0 aromatic carbocycles. The summed E-state index contributed by atoms with van der Waals surface area (Å²) in [6, 6.07) is 0. The summed E-state index contributed by atoms with van der Waals surface area (Å²) in [5.41, 5.74) is 0.979. The molecule has 0 saturated carbocycles. The molecule has 2 aliphatic heterocycles. The monoisotopic (exact) mass is 403 g/mol. The molecular formula is C8H7I2NO2-2. The van der Waals surface area contributed by atoms with E-state index in [0.717, 1.165) is 10.1 Å². The van der Waals surface area contributed by atoms with Crippen LogP contribution in [0, 0.1) is 0 Å². The minimum absolute atomic E-state index is 0.131. The van der Waals surface area contributed by atoms with Gasteiger partial charge in [0.15, 0.2) is 0 Å². The standard InChI is InChI=1S/C8H7I2NO2/c12-7-1-2-8(13)11(7)6-3-9-5-10-4-6/h1-3H,4-5H2/q-2. The van der Waals surface area contributed by atoms with E-state index in [1.165, 1.54) is 19.5 Å². The normalized spacial score (nSPS) is 23.7. The molecule has 2 rings (SSSR count). The number of rotatable bonds is 1. The SMILES string of the molecule is O=C1C=CC(=O)N1C1=C[I-]C[I-]C1. The Morgan fingerprint density at radius 2 is 1.92 bits per heavy atom. The van der Waals surface area contributed by atoms with Crippen molar-refractivity contribution in [3.63, 3.8) is 0 Å². The number of carbonyl (C=O) groups is 2. The fourth-order valence-corrected chi connectivity index (χ4v) is 8.75. The molecule has 72 valence electrons. The first kappa shape index (κ1) is 9.63. The zero-order chi connectivity index (χ0) is 9.26. The van der Waals surface area contributed by atoms with Crippen molar-refractivity contribution in [1.29, 1.82) is 0 Å². The maximum absolute atomic E-state index is 11.3. The summed E-state index contributed by atoms with van der Waals surface area (Å²) in [5, 5.41) is 0. The molecule has 0 aromatic rings. The number of hydrogen-bond donors (Lipinski definition) is 0. The quantitative estimate of drug-likeness (QED) is 0.249. The van der Waals surface area contributed by atoms with Crippen molar-refractivity contribution in [2.75, 3.05) is 6.86 Å². The number of imide groups is 1. The van der Waals surface area contributed by atoms with Crippen LogP contribution in [0.15, 0.2) is 21.9 Å². The number of allylic oxidation sites excluding steroid dienone is 1. The predicted octanol–water partition coefficient (Wildman–Crippen LogP) is -6.10. The van der Waals surface area contributed by atoms with E-state index in [1.807, 2.05) is 0 Å². The summed E-state index contributed by atoms with van der Waals surface area (Å²) < 4.78 is 4.49. The van der Waals surface area contributed by atoms with Gasteiger partial charge in [0.25, 0.3) is 0 Å². The summed E-state index contributed by atoms with van der Waals surface area (Å²) in [6.45, 7) is 0. The minimum atomic E-state index is -0.161. The van der Waals surface area contributed by atoms with Crippen molar-refractivity contribution in [3.8, 4) is 0 Å². The van der Waals surface area contributed by atoms with E-state index in [4.69, 9.17) is 0 Å². The summed E-state index contributed by atoms with van der Waals surface area (Å²) in [6.07, 6.45) is 2.71. The Balaban J connectivity index is 2.20. The molecule has 0 unspecified atom stereocenters. The molecule has 0 radical (unpaired) electrons. The maximum atomic E-state index is 11.3. The fraction of sp³-hybridized carbons (Fsp3) is 0.250. The molecule has 0 fully saturated rings. The molecule has 0 spiro atoms. The number of hydrogen-bond acceptors (Lipinski definition) is 2. The van der Waals surface area contributed by atoms with Crippen LogP contribution in [-0.2, 0) is 9.59 Å². The van der Waals surface area contributed by atoms with Gasteiger partial charge in [0.2, 0.25) is 0 Å². The van der Waals surface area contributed by atoms with Gasteiger partial charge >= 0.3 is 97.5 Å². The molecule has 0 atom stereocenters. The summed E-state index contributed by atoms with van der Waals surface area (Å²) >= 11 is 0.355. The number of carbonyl (C=O) groups excluding carboxylic acids is 2. The average Bonchev–Trinajstić information content (AvgIpc) is 2.48. The molecular weight excluding hydrogens is 396 g/mol. The predicted molar refractivity (Wildman–Crippen MR) is 38.8 cm³/mol. The topological polar surface area (TPSA) is 37.4 Å². The Bertz CT molecular complexity index is 304. The van der Waals surface area contributed by atoms with Gasteiger partial charge in [0, 0.05) is 0 Å². The molecule has 2 amide bonds. The Morgan fingerprint density at radius 3 is 2.46 bits per heavy atom. The van der Waals surface area contributed by atoms with E-state index < -0.39 is 0 Å². The van der Waals surface area contributed by atoms with Gasteiger partial charge in [-0.3, -0.25) is 0 Å². The van der Waals surface area contributed by atoms with Crippen LogP contribution in [0.4, 0.5) is 0 Å². The second-order valence-electron chi connectivity index (χ2n) is 2.52. The molecule has 5 heteroatoms. The van der Waals surface area contributed by atoms with Crippen molar-refractivity contribution in [2.24, 2.45) is 0 Å². The van der Waals surface area contributed by atoms with Crippen LogP contribution in [0.25, 0.3) is 0 Å². The molecule has 0 aromatic heterocycles. The first-order valence-electron chi connectivity index (χ1n) is 3.65. The molecule has 0 bridgehead atoms. The van der Waals surface area contributed by atoms with Crippen LogP contribution in [0.2, 0.25) is 0 Å². The van der Waals surface area contributed by atoms with Crippen LogP contribution in [-0.4, -0.2) is 23.6 Å². The third-order valence-corrected chi connectivity index (χ3v) is 9.85. The number of alkyl halides is 3. The van der Waals surface area contributed by atoms with Gasteiger partial charge in [-0.1, -0.05) is 0 Å². The third kappa shape index (κ3) is 1.95. The van der Waals surface area contributed by atoms with Gasteiger partial charge in [-0.2, -0.15) is 0 Å². The summed E-state index contributed by atoms with van der Waals surface area (Å²) in [5.74, 6) is -0.322. The molecule has 2 heterocycles. The second kappa shape index (κ2) is 4.07. The molecule has 0 N–H and O–H groups in total. The molecule has 0 aliphatic carbocycles. The zero-order valence-electron chi connectivity index (χ0n) is 6.67. The molecule has 2 aliphatic rings. The molecule has 0 saturated heterocycles. The summed E-state index contributed by atoms with van der Waals surface area (Å²) in [7, 11) is 0. The van der Waals surface area contributed by atoms with Gasteiger partial charge in [0.05, 0.1) is 0 Å². The van der Waals surface area contributed by atoms with Crippen LogP contribution in [0.3, 0.4) is 0 Å². The van der Waals surface area contributed by atoms with E-state index in [-0.39, 0.29) is 54.2 Å². The number of halogens is 2.